The van der Waals surface area contributed by atoms with Gasteiger partial charge in [-0.25, -0.2) is 0 Å². The topological polar surface area (TPSA) is 33.2 Å². The monoisotopic (exact) mass is 336 g/mol. The van der Waals surface area contributed by atoms with E-state index < -0.39 is 0 Å². The Bertz CT molecular complexity index is 784. The first-order valence-electron chi connectivity index (χ1n) is 7.95. The average molecular weight is 336 g/mol. The first-order chi connectivity index (χ1) is 11.7. The number of rotatable bonds is 6. The molecule has 0 saturated heterocycles. The lowest BCUT2D eigenvalue weighted by Crippen LogP contribution is -2.31. The van der Waals surface area contributed by atoms with Crippen LogP contribution in [0.2, 0.25) is 0 Å². The van der Waals surface area contributed by atoms with Gasteiger partial charge in [-0.1, -0.05) is 35.9 Å². The van der Waals surface area contributed by atoms with Gasteiger partial charge in [0.15, 0.2) is 0 Å². The summed E-state index contributed by atoms with van der Waals surface area (Å²) in [6, 6.07) is 16.0. The summed E-state index contributed by atoms with van der Waals surface area (Å²) in [4.78, 5) is 19.1. The van der Waals surface area contributed by atoms with Crippen LogP contribution >= 0.6 is 11.3 Å². The van der Waals surface area contributed by atoms with Crippen LogP contribution in [0.25, 0.3) is 0 Å². The van der Waals surface area contributed by atoms with Crippen LogP contribution in [-0.4, -0.2) is 15.8 Å². The molecule has 3 aromatic rings. The van der Waals surface area contributed by atoms with Gasteiger partial charge < -0.3 is 4.90 Å². The molecule has 2 heterocycles. The van der Waals surface area contributed by atoms with Crippen molar-refractivity contribution >= 4 is 17.2 Å². The van der Waals surface area contributed by atoms with Crippen LogP contribution in [0.15, 0.2) is 65.5 Å². The first kappa shape index (κ1) is 16.4. The fourth-order valence-corrected chi connectivity index (χ4v) is 3.29. The number of carbonyl (C=O) groups is 1. The van der Waals surface area contributed by atoms with E-state index in [1.165, 1.54) is 5.56 Å². The third kappa shape index (κ3) is 4.52. The molecular formula is C20H20N2OS. The summed E-state index contributed by atoms with van der Waals surface area (Å²) in [5.41, 5.74) is 4.30. The highest BCUT2D eigenvalue weighted by Gasteiger charge is 2.16. The molecule has 0 atom stereocenters. The zero-order valence-corrected chi connectivity index (χ0v) is 14.5. The van der Waals surface area contributed by atoms with Gasteiger partial charge >= 0.3 is 0 Å². The zero-order valence-electron chi connectivity index (χ0n) is 13.7. The highest BCUT2D eigenvalue weighted by atomic mass is 32.1. The number of carbonyl (C=O) groups excluding carboxylic acids is 1. The maximum absolute atomic E-state index is 12.9. The largest absolute Gasteiger partial charge is 0.332 e. The number of hydrogen-bond acceptors (Lipinski definition) is 3. The summed E-state index contributed by atoms with van der Waals surface area (Å²) >= 11 is 1.65. The SMILES string of the molecule is Cc1cccc(CC(=O)N(Cc2ccsc2)Cc2ccccn2)c1. The van der Waals surface area contributed by atoms with Crippen molar-refractivity contribution in [2.75, 3.05) is 0 Å². The molecule has 122 valence electrons. The van der Waals surface area contributed by atoms with Crippen molar-refractivity contribution in [3.63, 3.8) is 0 Å². The maximum atomic E-state index is 12.9. The Morgan fingerprint density at radius 2 is 2.00 bits per heavy atom. The molecule has 3 rings (SSSR count). The molecule has 1 amide bonds. The number of aryl methyl sites for hydroxylation is 1. The summed E-state index contributed by atoms with van der Waals surface area (Å²) in [6.07, 6.45) is 2.18. The van der Waals surface area contributed by atoms with Crippen LogP contribution in [0.4, 0.5) is 0 Å². The number of nitrogens with zero attached hydrogens (tertiary/aromatic N) is 2. The van der Waals surface area contributed by atoms with Gasteiger partial charge in [0, 0.05) is 12.7 Å². The van der Waals surface area contributed by atoms with E-state index in [1.54, 1.807) is 17.5 Å². The van der Waals surface area contributed by atoms with Gasteiger partial charge in [0.1, 0.15) is 0 Å². The zero-order chi connectivity index (χ0) is 16.8. The molecular weight excluding hydrogens is 316 g/mol. The smallest absolute Gasteiger partial charge is 0.227 e. The lowest BCUT2D eigenvalue weighted by atomic mass is 10.1. The molecule has 0 fully saturated rings. The molecule has 24 heavy (non-hydrogen) atoms. The molecule has 0 aliphatic carbocycles. The van der Waals surface area contributed by atoms with E-state index in [0.717, 1.165) is 16.8 Å². The van der Waals surface area contributed by atoms with Crippen molar-refractivity contribution in [2.24, 2.45) is 0 Å². The molecule has 0 spiro atoms. The van der Waals surface area contributed by atoms with Crippen molar-refractivity contribution in [1.29, 1.82) is 0 Å². The second-order valence-electron chi connectivity index (χ2n) is 5.87. The van der Waals surface area contributed by atoms with Crippen LogP contribution in [0, 0.1) is 6.92 Å². The molecule has 0 N–H and O–H groups in total. The van der Waals surface area contributed by atoms with Gasteiger partial charge in [-0.3, -0.25) is 9.78 Å². The fourth-order valence-electron chi connectivity index (χ4n) is 2.63. The number of aromatic nitrogens is 1. The maximum Gasteiger partial charge on any atom is 0.227 e. The quantitative estimate of drug-likeness (QED) is 0.675. The van der Waals surface area contributed by atoms with Gasteiger partial charge in [0.05, 0.1) is 18.7 Å². The Labute approximate surface area is 146 Å². The molecule has 2 aromatic heterocycles. The molecule has 0 aliphatic heterocycles. The fraction of sp³-hybridized carbons (Fsp3) is 0.200. The lowest BCUT2D eigenvalue weighted by molar-refractivity contribution is -0.131. The summed E-state index contributed by atoms with van der Waals surface area (Å²) in [5.74, 6) is 0.123. The van der Waals surface area contributed by atoms with Crippen molar-refractivity contribution in [2.45, 2.75) is 26.4 Å². The standard InChI is InChI=1S/C20H20N2OS/c1-16-5-4-6-17(11-16)12-20(23)22(13-18-8-10-24-15-18)14-19-7-2-3-9-21-19/h2-11,15H,12-14H2,1H3. The van der Waals surface area contributed by atoms with E-state index in [1.807, 2.05) is 53.6 Å². The van der Waals surface area contributed by atoms with Gasteiger partial charge in [-0.15, -0.1) is 0 Å². The molecule has 0 aliphatic rings. The summed E-state index contributed by atoms with van der Waals surface area (Å²) < 4.78 is 0. The Morgan fingerprint density at radius 3 is 2.71 bits per heavy atom. The minimum Gasteiger partial charge on any atom is -0.332 e. The Hall–Kier alpha value is -2.46. The molecule has 0 unspecified atom stereocenters. The van der Waals surface area contributed by atoms with E-state index >= 15 is 0 Å². The van der Waals surface area contributed by atoms with Gasteiger partial charge in [0.25, 0.3) is 0 Å². The highest BCUT2D eigenvalue weighted by Crippen LogP contribution is 2.14. The van der Waals surface area contributed by atoms with Crippen LogP contribution in [0.1, 0.15) is 22.4 Å². The van der Waals surface area contributed by atoms with Gasteiger partial charge in [0.2, 0.25) is 5.91 Å². The number of hydrogen-bond donors (Lipinski definition) is 0. The first-order valence-corrected chi connectivity index (χ1v) is 8.89. The van der Waals surface area contributed by atoms with E-state index in [2.05, 4.69) is 22.5 Å². The summed E-state index contributed by atoms with van der Waals surface area (Å²) in [5, 5.41) is 4.13. The van der Waals surface area contributed by atoms with Crippen LogP contribution in [0.3, 0.4) is 0 Å². The minimum atomic E-state index is 0.123. The third-order valence-electron chi connectivity index (χ3n) is 3.82. The molecule has 0 bridgehead atoms. The molecule has 0 radical (unpaired) electrons. The Morgan fingerprint density at radius 1 is 1.08 bits per heavy atom. The van der Waals surface area contributed by atoms with Crippen molar-refractivity contribution in [3.05, 3.63) is 87.9 Å². The summed E-state index contributed by atoms with van der Waals surface area (Å²) in [7, 11) is 0. The summed E-state index contributed by atoms with van der Waals surface area (Å²) in [6.45, 7) is 3.19. The van der Waals surface area contributed by atoms with Crippen molar-refractivity contribution in [1.82, 2.24) is 9.88 Å². The molecule has 4 heteroatoms. The second-order valence-corrected chi connectivity index (χ2v) is 6.65. The molecule has 1 aromatic carbocycles. The van der Waals surface area contributed by atoms with Crippen LogP contribution in [-0.2, 0) is 24.3 Å². The lowest BCUT2D eigenvalue weighted by Gasteiger charge is -2.22. The Balaban J connectivity index is 1.76. The molecule has 3 nitrogen and oxygen atoms in total. The van der Waals surface area contributed by atoms with Crippen molar-refractivity contribution < 1.29 is 4.79 Å². The predicted octanol–water partition coefficient (Wildman–Crippen LogP) is 4.22. The number of pyridine rings is 1. The van der Waals surface area contributed by atoms with E-state index in [-0.39, 0.29) is 5.91 Å². The van der Waals surface area contributed by atoms with Crippen LogP contribution in [0.5, 0.6) is 0 Å². The normalized spacial score (nSPS) is 10.5. The third-order valence-corrected chi connectivity index (χ3v) is 4.56. The highest BCUT2D eigenvalue weighted by molar-refractivity contribution is 7.07. The van der Waals surface area contributed by atoms with Gasteiger partial charge in [-0.05, 0) is 47.0 Å². The Kier molecular flexibility index (Phi) is 5.39. The molecule has 0 saturated carbocycles. The number of thiophene rings is 1. The predicted molar refractivity (Wildman–Crippen MR) is 97.7 cm³/mol. The number of benzene rings is 1. The van der Waals surface area contributed by atoms with E-state index in [0.29, 0.717) is 19.5 Å². The minimum absolute atomic E-state index is 0.123. The van der Waals surface area contributed by atoms with Crippen molar-refractivity contribution in [3.8, 4) is 0 Å². The van der Waals surface area contributed by atoms with Crippen LogP contribution < -0.4 is 0 Å². The second kappa shape index (κ2) is 7.88. The number of amides is 1. The van der Waals surface area contributed by atoms with Gasteiger partial charge in [-0.2, -0.15) is 11.3 Å². The van der Waals surface area contributed by atoms with E-state index in [9.17, 15) is 4.79 Å². The average Bonchev–Trinajstić information content (AvgIpc) is 3.08. The van der Waals surface area contributed by atoms with E-state index in [4.69, 9.17) is 0 Å².